The van der Waals surface area contributed by atoms with Crippen molar-refractivity contribution in [1.29, 1.82) is 0 Å². The first kappa shape index (κ1) is 21.6. The van der Waals surface area contributed by atoms with Crippen LogP contribution in [0.4, 0.5) is 13.2 Å². The molecule has 156 valence electrons. The number of ether oxygens (including phenoxy) is 2. The summed E-state index contributed by atoms with van der Waals surface area (Å²) < 4.78 is 50.1. The van der Waals surface area contributed by atoms with Gasteiger partial charge in [-0.2, -0.15) is 8.78 Å². The van der Waals surface area contributed by atoms with E-state index in [9.17, 15) is 13.2 Å². The number of benzene rings is 1. The van der Waals surface area contributed by atoms with Gasteiger partial charge in [-0.3, -0.25) is 4.98 Å². The lowest BCUT2D eigenvalue weighted by molar-refractivity contribution is -0.199. The minimum absolute atomic E-state index is 0.140. The Kier molecular flexibility index (Phi) is 6.19. The fraction of sp³-hybridized carbons (Fsp3) is 0.368. The van der Waals surface area contributed by atoms with Crippen LogP contribution in [0.2, 0.25) is 0 Å². The molecule has 10 heteroatoms. The van der Waals surface area contributed by atoms with E-state index < -0.39 is 11.7 Å². The van der Waals surface area contributed by atoms with Crippen molar-refractivity contribution in [2.75, 3.05) is 7.11 Å². The highest BCUT2D eigenvalue weighted by Gasteiger charge is 2.43. The molecular formula is C19H19ClF3N3O2S. The molecular weight excluding hydrogens is 427 g/mol. The Morgan fingerprint density at radius 3 is 2.66 bits per heavy atom. The third-order valence-corrected chi connectivity index (χ3v) is 5.58. The maximum Gasteiger partial charge on any atom is 0.444 e. The van der Waals surface area contributed by atoms with E-state index in [1.54, 1.807) is 39.3 Å². The van der Waals surface area contributed by atoms with Gasteiger partial charge in [-0.15, -0.1) is 0 Å². The summed E-state index contributed by atoms with van der Waals surface area (Å²) in [5.74, 6) is 1.15. The maximum atomic E-state index is 13.6. The minimum atomic E-state index is -4.14. The zero-order valence-electron chi connectivity index (χ0n) is 16.1. The van der Waals surface area contributed by atoms with Crippen LogP contribution in [0.1, 0.15) is 22.4 Å². The number of H-pyrrole nitrogens is 1. The summed E-state index contributed by atoms with van der Waals surface area (Å²) in [6, 6.07) is 3.41. The van der Waals surface area contributed by atoms with Crippen molar-refractivity contribution in [2.24, 2.45) is 0 Å². The van der Waals surface area contributed by atoms with E-state index in [2.05, 4.69) is 19.7 Å². The molecule has 0 aliphatic carbocycles. The SMILES string of the molecule is COc1ccnc(CSc2nc3c(C)c(OC(F)(F)C(F)Cl)c(C)cc3[nH]2)c1C. The number of imidazole rings is 1. The van der Waals surface area contributed by atoms with E-state index in [1.807, 2.05) is 6.92 Å². The summed E-state index contributed by atoms with van der Waals surface area (Å²) in [6.45, 7) is 5.11. The van der Waals surface area contributed by atoms with Gasteiger partial charge in [-0.1, -0.05) is 23.4 Å². The fourth-order valence-corrected chi connectivity index (χ4v) is 3.86. The number of methoxy groups -OCH3 is 1. The predicted molar refractivity (Wildman–Crippen MR) is 107 cm³/mol. The number of thioether (sulfide) groups is 1. The first-order valence-electron chi connectivity index (χ1n) is 8.60. The molecule has 29 heavy (non-hydrogen) atoms. The zero-order valence-corrected chi connectivity index (χ0v) is 17.7. The zero-order chi connectivity index (χ0) is 21.3. The van der Waals surface area contributed by atoms with E-state index in [-0.39, 0.29) is 5.75 Å². The molecule has 0 fully saturated rings. The van der Waals surface area contributed by atoms with Crippen molar-refractivity contribution in [2.45, 2.75) is 43.4 Å². The second-order valence-electron chi connectivity index (χ2n) is 6.42. The first-order valence-corrected chi connectivity index (χ1v) is 10.0. The molecule has 1 aromatic carbocycles. The Bertz CT molecular complexity index is 1040. The summed E-state index contributed by atoms with van der Waals surface area (Å²) in [5, 5.41) is 0.594. The monoisotopic (exact) mass is 445 g/mol. The molecule has 0 saturated heterocycles. The van der Waals surface area contributed by atoms with Crippen molar-refractivity contribution in [3.63, 3.8) is 0 Å². The molecule has 2 aromatic heterocycles. The molecule has 5 nitrogen and oxygen atoms in total. The Morgan fingerprint density at radius 2 is 2.00 bits per heavy atom. The van der Waals surface area contributed by atoms with Crippen molar-refractivity contribution >= 4 is 34.4 Å². The molecule has 0 aliphatic rings. The second-order valence-corrected chi connectivity index (χ2v) is 7.77. The molecule has 3 rings (SSSR count). The van der Waals surface area contributed by atoms with Crippen LogP contribution in [-0.4, -0.2) is 33.8 Å². The lowest BCUT2D eigenvalue weighted by atomic mass is 10.1. The number of nitrogens with one attached hydrogen (secondary N) is 1. The van der Waals surface area contributed by atoms with Gasteiger partial charge in [-0.05, 0) is 38.5 Å². The average molecular weight is 446 g/mol. The molecule has 0 bridgehead atoms. The number of aromatic nitrogens is 3. The van der Waals surface area contributed by atoms with Crippen LogP contribution in [0.25, 0.3) is 11.0 Å². The smallest absolute Gasteiger partial charge is 0.444 e. The topological polar surface area (TPSA) is 60.0 Å². The van der Waals surface area contributed by atoms with Crippen molar-refractivity contribution < 1.29 is 22.6 Å². The van der Waals surface area contributed by atoms with Crippen LogP contribution < -0.4 is 9.47 Å². The third-order valence-electron chi connectivity index (χ3n) is 4.44. The van der Waals surface area contributed by atoms with Gasteiger partial charge >= 0.3 is 6.11 Å². The lowest BCUT2D eigenvalue weighted by Crippen LogP contribution is -2.33. The van der Waals surface area contributed by atoms with Crippen LogP contribution in [0, 0.1) is 20.8 Å². The Hall–Kier alpha value is -2.13. The number of hydrogen-bond donors (Lipinski definition) is 1. The number of alkyl halides is 4. The van der Waals surface area contributed by atoms with Gasteiger partial charge < -0.3 is 14.5 Å². The van der Waals surface area contributed by atoms with Gasteiger partial charge in [0.2, 0.25) is 0 Å². The number of aryl methyl sites for hydroxylation is 2. The molecule has 3 aromatic rings. The van der Waals surface area contributed by atoms with Crippen molar-refractivity contribution in [1.82, 2.24) is 15.0 Å². The summed E-state index contributed by atoms with van der Waals surface area (Å²) >= 11 is 6.31. The maximum absolute atomic E-state index is 13.6. The Morgan fingerprint density at radius 1 is 1.28 bits per heavy atom. The molecule has 0 aliphatic heterocycles. The highest BCUT2D eigenvalue weighted by molar-refractivity contribution is 7.98. The van der Waals surface area contributed by atoms with E-state index in [0.717, 1.165) is 17.0 Å². The van der Waals surface area contributed by atoms with Gasteiger partial charge in [0.15, 0.2) is 5.16 Å². The van der Waals surface area contributed by atoms with E-state index >= 15 is 0 Å². The molecule has 0 spiro atoms. The summed E-state index contributed by atoms with van der Waals surface area (Å²) in [4.78, 5) is 12.0. The summed E-state index contributed by atoms with van der Waals surface area (Å²) in [6.07, 6.45) is -2.47. The second kappa shape index (κ2) is 8.31. The number of nitrogens with zero attached hydrogens (tertiary/aromatic N) is 2. The molecule has 1 atom stereocenters. The highest BCUT2D eigenvalue weighted by Crippen LogP contribution is 2.37. The Labute approximate surface area is 175 Å². The fourth-order valence-electron chi connectivity index (χ4n) is 2.91. The van der Waals surface area contributed by atoms with E-state index in [0.29, 0.717) is 33.1 Å². The first-order chi connectivity index (χ1) is 13.6. The molecule has 0 saturated carbocycles. The number of pyridine rings is 1. The number of hydrogen-bond acceptors (Lipinski definition) is 5. The van der Waals surface area contributed by atoms with Crippen molar-refractivity contribution in [3.05, 3.63) is 40.7 Å². The number of halogens is 4. The Balaban J connectivity index is 1.88. The average Bonchev–Trinajstić information content (AvgIpc) is 3.07. The molecule has 1 N–H and O–H groups in total. The van der Waals surface area contributed by atoms with Gasteiger partial charge in [0, 0.05) is 23.1 Å². The lowest BCUT2D eigenvalue weighted by Gasteiger charge is -2.20. The summed E-state index contributed by atoms with van der Waals surface area (Å²) in [5.41, 5.74) is 0.738. The number of aromatic amines is 1. The molecule has 2 heterocycles. The standard InChI is InChI=1S/C19H19ClF3N3O2S/c1-9-7-12-15(11(3)16(9)28-19(22,23)17(20)21)26-18(25-12)29-8-13-10(2)14(27-4)5-6-24-13/h5-7,17H,8H2,1-4H3,(H,25,26). The molecule has 0 radical (unpaired) electrons. The van der Waals surface area contributed by atoms with Crippen LogP contribution in [0.3, 0.4) is 0 Å². The van der Waals surface area contributed by atoms with Crippen LogP contribution >= 0.6 is 23.4 Å². The van der Waals surface area contributed by atoms with Gasteiger partial charge in [0.1, 0.15) is 11.5 Å². The van der Waals surface area contributed by atoms with Gasteiger partial charge in [-0.25, -0.2) is 9.37 Å². The minimum Gasteiger partial charge on any atom is -0.496 e. The number of fused-ring (bicyclic) bond motifs is 1. The van der Waals surface area contributed by atoms with Crippen LogP contribution in [0.15, 0.2) is 23.5 Å². The quantitative estimate of drug-likeness (QED) is 0.374. The molecule has 1 unspecified atom stereocenters. The normalized spacial score (nSPS) is 13.0. The largest absolute Gasteiger partial charge is 0.496 e. The third kappa shape index (κ3) is 4.40. The number of rotatable bonds is 7. The van der Waals surface area contributed by atoms with Crippen molar-refractivity contribution in [3.8, 4) is 11.5 Å². The predicted octanol–water partition coefficient (Wildman–Crippen LogP) is 5.69. The van der Waals surface area contributed by atoms with Gasteiger partial charge in [0.25, 0.3) is 5.63 Å². The highest BCUT2D eigenvalue weighted by atomic mass is 35.5. The van der Waals surface area contributed by atoms with Gasteiger partial charge in [0.05, 0.1) is 23.8 Å². The summed E-state index contributed by atoms with van der Waals surface area (Å²) in [7, 11) is 1.60. The van der Waals surface area contributed by atoms with E-state index in [4.69, 9.17) is 16.3 Å². The van der Waals surface area contributed by atoms with E-state index in [1.165, 1.54) is 11.8 Å². The van der Waals surface area contributed by atoms with Crippen LogP contribution in [-0.2, 0) is 5.75 Å². The molecule has 0 amide bonds. The van der Waals surface area contributed by atoms with Crippen LogP contribution in [0.5, 0.6) is 11.5 Å².